The number of carbonyl (C=O) groups excluding carboxylic acids is 2. The van der Waals surface area contributed by atoms with E-state index >= 15 is 0 Å². The van der Waals surface area contributed by atoms with Crippen molar-refractivity contribution in [1.82, 2.24) is 9.97 Å². The molecule has 0 N–H and O–H groups in total. The maximum absolute atomic E-state index is 11.5. The standard InChI is InChI=1S/C14H12N2O4/c1-19-13(17)11-3-9(5-15-7-11)10-4-12(8-16-6-10)14(18)20-2/h3-8H,1-2H3. The van der Waals surface area contributed by atoms with Gasteiger partial charge in [-0.05, 0) is 12.1 Å². The van der Waals surface area contributed by atoms with Gasteiger partial charge in [0.15, 0.2) is 0 Å². The molecule has 2 heterocycles. The van der Waals surface area contributed by atoms with E-state index in [1.807, 2.05) is 0 Å². The summed E-state index contributed by atoms with van der Waals surface area (Å²) in [5.41, 5.74) is 1.97. The van der Waals surface area contributed by atoms with Gasteiger partial charge in [-0.3, -0.25) is 9.97 Å². The SMILES string of the molecule is COC(=O)c1cncc(-c2cncc(C(=O)OC)c2)c1. The quantitative estimate of drug-likeness (QED) is 0.791. The molecule has 102 valence electrons. The van der Waals surface area contributed by atoms with Gasteiger partial charge in [-0.25, -0.2) is 9.59 Å². The van der Waals surface area contributed by atoms with Crippen LogP contribution in [0.15, 0.2) is 36.9 Å². The maximum Gasteiger partial charge on any atom is 0.339 e. The Kier molecular flexibility index (Phi) is 4.05. The van der Waals surface area contributed by atoms with Gasteiger partial charge in [-0.2, -0.15) is 0 Å². The summed E-state index contributed by atoms with van der Waals surface area (Å²) in [6, 6.07) is 3.24. The summed E-state index contributed by atoms with van der Waals surface area (Å²) in [4.78, 5) is 30.9. The monoisotopic (exact) mass is 272 g/mol. The molecule has 2 aromatic heterocycles. The van der Waals surface area contributed by atoms with Gasteiger partial charge in [0, 0.05) is 35.9 Å². The second-order valence-electron chi connectivity index (χ2n) is 3.91. The summed E-state index contributed by atoms with van der Waals surface area (Å²) in [5, 5.41) is 0. The van der Waals surface area contributed by atoms with E-state index in [1.54, 1.807) is 24.5 Å². The number of methoxy groups -OCH3 is 2. The lowest BCUT2D eigenvalue weighted by Gasteiger charge is -2.05. The van der Waals surface area contributed by atoms with Crippen molar-refractivity contribution in [3.8, 4) is 11.1 Å². The molecule has 0 unspecified atom stereocenters. The van der Waals surface area contributed by atoms with Gasteiger partial charge in [0.2, 0.25) is 0 Å². The number of hydrogen-bond donors (Lipinski definition) is 0. The van der Waals surface area contributed by atoms with Crippen molar-refractivity contribution in [2.75, 3.05) is 14.2 Å². The first-order chi connectivity index (χ1) is 9.65. The average Bonchev–Trinajstić information content (AvgIpc) is 2.53. The fraction of sp³-hybridized carbons (Fsp3) is 0.143. The van der Waals surface area contributed by atoms with Gasteiger partial charge in [-0.1, -0.05) is 0 Å². The molecule has 2 rings (SSSR count). The number of aromatic nitrogens is 2. The highest BCUT2D eigenvalue weighted by Crippen LogP contribution is 2.20. The van der Waals surface area contributed by atoms with Crippen molar-refractivity contribution in [3.63, 3.8) is 0 Å². The van der Waals surface area contributed by atoms with Crippen LogP contribution >= 0.6 is 0 Å². The van der Waals surface area contributed by atoms with Gasteiger partial charge in [-0.15, -0.1) is 0 Å². The van der Waals surface area contributed by atoms with Crippen molar-refractivity contribution in [3.05, 3.63) is 48.0 Å². The molecule has 0 radical (unpaired) electrons. The molecule has 0 bridgehead atoms. The van der Waals surface area contributed by atoms with Crippen LogP contribution in [-0.2, 0) is 9.47 Å². The lowest BCUT2D eigenvalue weighted by molar-refractivity contribution is 0.0591. The van der Waals surface area contributed by atoms with Crippen LogP contribution in [0, 0.1) is 0 Å². The number of pyridine rings is 2. The molecule has 0 saturated carbocycles. The van der Waals surface area contributed by atoms with Crippen molar-refractivity contribution in [2.24, 2.45) is 0 Å². The highest BCUT2D eigenvalue weighted by atomic mass is 16.5. The Morgan fingerprint density at radius 1 is 0.800 bits per heavy atom. The first kappa shape index (κ1) is 13.7. The minimum Gasteiger partial charge on any atom is -0.465 e. The van der Waals surface area contributed by atoms with Crippen molar-refractivity contribution in [1.29, 1.82) is 0 Å². The first-order valence-corrected chi connectivity index (χ1v) is 5.73. The number of rotatable bonds is 3. The van der Waals surface area contributed by atoms with E-state index < -0.39 is 11.9 Å². The Labute approximate surface area is 115 Å². The number of ether oxygens (including phenoxy) is 2. The van der Waals surface area contributed by atoms with E-state index in [9.17, 15) is 9.59 Å². The third-order valence-corrected chi connectivity index (χ3v) is 2.65. The zero-order valence-electron chi connectivity index (χ0n) is 11.0. The van der Waals surface area contributed by atoms with E-state index in [1.165, 1.54) is 26.6 Å². The highest BCUT2D eigenvalue weighted by molar-refractivity contribution is 5.92. The molecule has 0 saturated heterocycles. The molecule has 0 atom stereocenters. The molecule has 0 aliphatic rings. The Balaban J connectivity index is 2.41. The molecule has 0 fully saturated rings. The summed E-state index contributed by atoms with van der Waals surface area (Å²) in [5.74, 6) is -0.951. The van der Waals surface area contributed by atoms with Crippen LogP contribution < -0.4 is 0 Å². The van der Waals surface area contributed by atoms with E-state index in [2.05, 4.69) is 19.4 Å². The second kappa shape index (κ2) is 5.92. The molecule has 20 heavy (non-hydrogen) atoms. The van der Waals surface area contributed by atoms with E-state index in [4.69, 9.17) is 0 Å². The predicted molar refractivity (Wildman–Crippen MR) is 70.1 cm³/mol. The summed E-state index contributed by atoms with van der Waals surface area (Å²) in [6.45, 7) is 0. The Bertz CT molecular complexity index is 598. The number of hydrogen-bond acceptors (Lipinski definition) is 6. The third kappa shape index (κ3) is 2.80. The zero-order valence-corrected chi connectivity index (χ0v) is 11.0. The molecular weight excluding hydrogens is 260 g/mol. The van der Waals surface area contributed by atoms with E-state index in [-0.39, 0.29) is 0 Å². The minimum atomic E-state index is -0.476. The topological polar surface area (TPSA) is 78.4 Å². The molecule has 0 aliphatic carbocycles. The van der Waals surface area contributed by atoms with Gasteiger partial charge in [0.05, 0.1) is 25.3 Å². The van der Waals surface area contributed by atoms with E-state index in [0.29, 0.717) is 22.3 Å². The predicted octanol–water partition coefficient (Wildman–Crippen LogP) is 1.72. The minimum absolute atomic E-state index is 0.327. The molecular formula is C14H12N2O4. The van der Waals surface area contributed by atoms with Crippen LogP contribution in [0.5, 0.6) is 0 Å². The first-order valence-electron chi connectivity index (χ1n) is 5.73. The van der Waals surface area contributed by atoms with Gasteiger partial charge in [0.1, 0.15) is 0 Å². The summed E-state index contributed by atoms with van der Waals surface area (Å²) < 4.78 is 9.28. The molecule has 6 heteroatoms. The fourth-order valence-electron chi connectivity index (χ4n) is 1.65. The van der Waals surface area contributed by atoms with Crippen molar-refractivity contribution in [2.45, 2.75) is 0 Å². The summed E-state index contributed by atoms with van der Waals surface area (Å²) in [6.07, 6.45) is 5.97. The van der Waals surface area contributed by atoms with Crippen LogP contribution in [-0.4, -0.2) is 36.1 Å². The van der Waals surface area contributed by atoms with Crippen LogP contribution in [0.2, 0.25) is 0 Å². The van der Waals surface area contributed by atoms with Crippen LogP contribution in [0.3, 0.4) is 0 Å². The Morgan fingerprint density at radius 3 is 1.55 bits per heavy atom. The number of nitrogens with zero attached hydrogens (tertiary/aromatic N) is 2. The molecule has 0 aliphatic heterocycles. The van der Waals surface area contributed by atoms with E-state index in [0.717, 1.165) is 0 Å². The average molecular weight is 272 g/mol. The van der Waals surface area contributed by atoms with Crippen molar-refractivity contribution >= 4 is 11.9 Å². The molecule has 0 amide bonds. The normalized spacial score (nSPS) is 9.90. The van der Waals surface area contributed by atoms with Crippen LogP contribution in [0.1, 0.15) is 20.7 Å². The van der Waals surface area contributed by atoms with Gasteiger partial charge >= 0.3 is 11.9 Å². The zero-order chi connectivity index (χ0) is 14.5. The molecule has 0 aromatic carbocycles. The third-order valence-electron chi connectivity index (χ3n) is 2.65. The lowest BCUT2D eigenvalue weighted by atomic mass is 10.1. The van der Waals surface area contributed by atoms with Gasteiger partial charge < -0.3 is 9.47 Å². The summed E-state index contributed by atoms with van der Waals surface area (Å²) >= 11 is 0. The van der Waals surface area contributed by atoms with Gasteiger partial charge in [0.25, 0.3) is 0 Å². The van der Waals surface area contributed by atoms with Crippen molar-refractivity contribution < 1.29 is 19.1 Å². The summed E-state index contributed by atoms with van der Waals surface area (Å²) in [7, 11) is 2.60. The Hall–Kier alpha value is -2.76. The van der Waals surface area contributed by atoms with Crippen LogP contribution in [0.25, 0.3) is 11.1 Å². The largest absolute Gasteiger partial charge is 0.465 e. The highest BCUT2D eigenvalue weighted by Gasteiger charge is 2.10. The lowest BCUT2D eigenvalue weighted by Crippen LogP contribution is -2.03. The number of esters is 2. The second-order valence-corrected chi connectivity index (χ2v) is 3.91. The molecule has 0 spiro atoms. The molecule has 6 nitrogen and oxygen atoms in total. The number of carbonyl (C=O) groups is 2. The fourth-order valence-corrected chi connectivity index (χ4v) is 1.65. The Morgan fingerprint density at radius 2 is 1.20 bits per heavy atom. The maximum atomic E-state index is 11.5. The van der Waals surface area contributed by atoms with Crippen LogP contribution in [0.4, 0.5) is 0 Å². The molecule has 2 aromatic rings. The smallest absolute Gasteiger partial charge is 0.339 e.